The van der Waals surface area contributed by atoms with Gasteiger partial charge in [0.25, 0.3) is 0 Å². The molecule has 0 unspecified atom stereocenters. The maximum atomic E-state index is 13.0. The average molecular weight is 496 g/mol. The van der Waals surface area contributed by atoms with Crippen LogP contribution in [0.4, 0.5) is 5.69 Å². The van der Waals surface area contributed by atoms with E-state index in [1.807, 2.05) is 26.0 Å². The first-order valence-corrected chi connectivity index (χ1v) is 13.5. The number of pyridine rings is 1. The van der Waals surface area contributed by atoms with Gasteiger partial charge in [-0.25, -0.2) is 0 Å². The van der Waals surface area contributed by atoms with E-state index in [-0.39, 0.29) is 24.7 Å². The van der Waals surface area contributed by atoms with Gasteiger partial charge >= 0.3 is 5.97 Å². The molecular weight excluding hydrogens is 454 g/mol. The average Bonchev–Trinajstić information content (AvgIpc) is 3.54. The van der Waals surface area contributed by atoms with E-state index in [0.29, 0.717) is 35.3 Å². The Labute approximate surface area is 214 Å². The summed E-state index contributed by atoms with van der Waals surface area (Å²) < 4.78 is 5.99. The van der Waals surface area contributed by atoms with Crippen LogP contribution in [0.3, 0.4) is 0 Å². The van der Waals surface area contributed by atoms with E-state index in [9.17, 15) is 14.7 Å². The van der Waals surface area contributed by atoms with Crippen LogP contribution in [0.15, 0.2) is 16.7 Å². The summed E-state index contributed by atoms with van der Waals surface area (Å²) >= 11 is 0. The molecule has 2 heterocycles. The van der Waals surface area contributed by atoms with Gasteiger partial charge in [-0.15, -0.1) is 0 Å². The monoisotopic (exact) mass is 495 g/mol. The van der Waals surface area contributed by atoms with E-state index in [0.717, 1.165) is 48.5 Å². The van der Waals surface area contributed by atoms with E-state index >= 15 is 0 Å². The van der Waals surface area contributed by atoms with Crippen molar-refractivity contribution in [1.29, 1.82) is 0 Å². The van der Waals surface area contributed by atoms with Gasteiger partial charge in [-0.1, -0.05) is 32.3 Å². The van der Waals surface area contributed by atoms with Crippen LogP contribution in [-0.4, -0.2) is 27.1 Å². The minimum absolute atomic E-state index is 0.00698. The summed E-state index contributed by atoms with van der Waals surface area (Å²) in [6.07, 6.45) is 7.39. The zero-order valence-corrected chi connectivity index (χ0v) is 22.4. The molecule has 0 spiro atoms. The van der Waals surface area contributed by atoms with Gasteiger partial charge < -0.3 is 14.9 Å². The number of carboxylic acids is 1. The lowest BCUT2D eigenvalue weighted by atomic mass is 9.66. The largest absolute Gasteiger partial charge is 0.481 e. The third-order valence-electron chi connectivity index (χ3n) is 8.20. The van der Waals surface area contributed by atoms with Gasteiger partial charge in [-0.05, 0) is 81.8 Å². The summed E-state index contributed by atoms with van der Waals surface area (Å²) in [4.78, 5) is 28.9. The number of carbonyl (C=O) groups excluding carboxylic acids is 1. The molecule has 2 aliphatic carbocycles. The molecule has 0 bridgehead atoms. The van der Waals surface area contributed by atoms with Crippen molar-refractivity contribution in [3.63, 3.8) is 0 Å². The second-order valence-electron chi connectivity index (χ2n) is 11.8. The molecule has 2 saturated carbocycles. The van der Waals surface area contributed by atoms with Crippen molar-refractivity contribution >= 4 is 17.6 Å². The van der Waals surface area contributed by atoms with Gasteiger partial charge in [0.05, 0.1) is 17.1 Å². The summed E-state index contributed by atoms with van der Waals surface area (Å²) in [5.41, 5.74) is 4.68. The van der Waals surface area contributed by atoms with Crippen molar-refractivity contribution in [2.45, 2.75) is 110 Å². The van der Waals surface area contributed by atoms with Gasteiger partial charge in [0.1, 0.15) is 5.76 Å². The lowest BCUT2D eigenvalue weighted by Crippen LogP contribution is -2.27. The predicted molar refractivity (Wildman–Crippen MR) is 139 cm³/mol. The maximum Gasteiger partial charge on any atom is 0.303 e. The molecule has 0 saturated heterocycles. The molecular formula is C29H41N3O4. The first kappa shape index (κ1) is 26.4. The van der Waals surface area contributed by atoms with E-state index in [2.05, 4.69) is 36.2 Å². The summed E-state index contributed by atoms with van der Waals surface area (Å²) in [6, 6.07) is 3.73. The number of hydrogen-bond donors (Lipinski definition) is 2. The van der Waals surface area contributed by atoms with Crippen LogP contribution in [0.5, 0.6) is 0 Å². The Kier molecular flexibility index (Phi) is 7.86. The van der Waals surface area contributed by atoms with Crippen LogP contribution in [-0.2, 0) is 9.59 Å². The van der Waals surface area contributed by atoms with Gasteiger partial charge in [0.2, 0.25) is 5.91 Å². The quantitative estimate of drug-likeness (QED) is 0.333. The lowest BCUT2D eigenvalue weighted by molar-refractivity contribution is -0.137. The number of nitrogens with one attached hydrogen (secondary N) is 1. The third-order valence-corrected chi connectivity index (χ3v) is 8.20. The zero-order valence-electron chi connectivity index (χ0n) is 22.4. The van der Waals surface area contributed by atoms with Crippen LogP contribution >= 0.6 is 0 Å². The fraction of sp³-hybridized carbons (Fsp3) is 0.655. The molecule has 2 N–H and O–H groups in total. The third kappa shape index (κ3) is 6.34. The van der Waals surface area contributed by atoms with Crippen LogP contribution in [0.25, 0.3) is 0 Å². The standard InChI is InChI=1S/C29H41N3O4/c1-6-29(4,5)16-19-13-22(14-19)28-26(20-8-9-20)27(32-36-28)21(10-12-25(34)35)15-24(33)31-23-11-7-17(2)30-18(23)3/h7,11,19-22H,6,8-10,12-16H2,1-5H3,(H,31,33)(H,34,35)/t19?,21-,22?/m0/s1. The molecule has 2 aliphatic rings. The molecule has 196 valence electrons. The Morgan fingerprint density at radius 3 is 2.53 bits per heavy atom. The number of nitrogens with zero attached hydrogens (tertiary/aromatic N) is 2. The minimum atomic E-state index is -0.865. The highest BCUT2D eigenvalue weighted by Gasteiger charge is 2.42. The number of aryl methyl sites for hydroxylation is 2. The first-order chi connectivity index (χ1) is 17.1. The molecule has 2 aromatic rings. The van der Waals surface area contributed by atoms with Crippen molar-refractivity contribution in [1.82, 2.24) is 10.1 Å². The van der Waals surface area contributed by atoms with Crippen LogP contribution in [0.1, 0.15) is 125 Å². The smallest absolute Gasteiger partial charge is 0.303 e. The van der Waals surface area contributed by atoms with Crippen molar-refractivity contribution in [3.05, 3.63) is 40.5 Å². The Morgan fingerprint density at radius 2 is 1.92 bits per heavy atom. The number of aliphatic carboxylic acids is 1. The molecule has 7 heteroatoms. The molecule has 2 fully saturated rings. The van der Waals surface area contributed by atoms with Crippen molar-refractivity contribution in [2.75, 3.05) is 5.32 Å². The predicted octanol–water partition coefficient (Wildman–Crippen LogP) is 6.86. The molecule has 7 nitrogen and oxygen atoms in total. The Balaban J connectivity index is 1.50. The molecule has 0 aromatic carbocycles. The number of amides is 1. The zero-order chi connectivity index (χ0) is 26.0. The molecule has 0 radical (unpaired) electrons. The normalized spacial score (nSPS) is 20.6. The number of anilines is 1. The second kappa shape index (κ2) is 10.7. The van der Waals surface area contributed by atoms with E-state index in [1.54, 1.807) is 0 Å². The van der Waals surface area contributed by atoms with Gasteiger partial charge in [-0.2, -0.15) is 0 Å². The SMILES string of the molecule is CCC(C)(C)CC1CC(c2onc([C@@H](CCC(=O)O)CC(=O)Nc3ccc(C)nc3C)c2C2CC2)C1. The molecule has 1 atom stereocenters. The van der Waals surface area contributed by atoms with Gasteiger partial charge in [0, 0.05) is 35.9 Å². The van der Waals surface area contributed by atoms with Gasteiger partial charge in [-0.3, -0.25) is 14.6 Å². The van der Waals surface area contributed by atoms with Gasteiger partial charge in [0.15, 0.2) is 0 Å². The Morgan fingerprint density at radius 1 is 1.19 bits per heavy atom. The summed E-state index contributed by atoms with van der Waals surface area (Å²) in [7, 11) is 0. The molecule has 2 aromatic heterocycles. The number of carbonyl (C=O) groups is 2. The number of aromatic nitrogens is 2. The molecule has 4 rings (SSSR count). The Hall–Kier alpha value is -2.70. The number of rotatable bonds is 12. The van der Waals surface area contributed by atoms with Crippen LogP contribution < -0.4 is 5.32 Å². The highest BCUT2D eigenvalue weighted by atomic mass is 16.5. The number of hydrogen-bond acceptors (Lipinski definition) is 5. The van der Waals surface area contributed by atoms with E-state index in [1.165, 1.54) is 18.4 Å². The molecule has 0 aliphatic heterocycles. The summed E-state index contributed by atoms with van der Waals surface area (Å²) in [5.74, 6) is 1.21. The fourth-order valence-electron chi connectivity index (χ4n) is 5.61. The van der Waals surface area contributed by atoms with Crippen LogP contribution in [0, 0.1) is 25.2 Å². The van der Waals surface area contributed by atoms with E-state index < -0.39 is 5.97 Å². The molecule has 1 amide bonds. The summed E-state index contributed by atoms with van der Waals surface area (Å²) in [5, 5.41) is 16.8. The molecule has 36 heavy (non-hydrogen) atoms. The topological polar surface area (TPSA) is 105 Å². The first-order valence-electron chi connectivity index (χ1n) is 13.5. The van der Waals surface area contributed by atoms with Crippen LogP contribution in [0.2, 0.25) is 0 Å². The minimum Gasteiger partial charge on any atom is -0.481 e. The lowest BCUT2D eigenvalue weighted by Gasteiger charge is -2.39. The summed E-state index contributed by atoms with van der Waals surface area (Å²) in [6.45, 7) is 10.7. The number of carboxylic acid groups (broad SMARTS) is 1. The maximum absolute atomic E-state index is 13.0. The second-order valence-corrected chi connectivity index (χ2v) is 11.8. The highest BCUT2D eigenvalue weighted by molar-refractivity contribution is 5.91. The highest BCUT2D eigenvalue weighted by Crippen LogP contribution is 2.53. The van der Waals surface area contributed by atoms with E-state index in [4.69, 9.17) is 4.52 Å². The fourth-order valence-corrected chi connectivity index (χ4v) is 5.61. The van der Waals surface area contributed by atoms with Crippen molar-refractivity contribution < 1.29 is 19.2 Å². The van der Waals surface area contributed by atoms with Crippen molar-refractivity contribution in [2.24, 2.45) is 11.3 Å². The van der Waals surface area contributed by atoms with Crippen molar-refractivity contribution in [3.8, 4) is 0 Å². The Bertz CT molecular complexity index is 1100.